The zero-order valence-corrected chi connectivity index (χ0v) is 40.9. The standard InChI is InChI=1S/C21H27F2N4O8P.C21H26F2N3O9P/c1-12(2)33-18(29)13(3)26-36(31,35-14-7-5-4-6-8-14)32-11-15-17(28)21(22,23)19(34-15)27-10-9-16(24)25-20(27)30;1-12(2)33-18(29)13(3)25-36(31,35-14-7-5-4-6-8-14)32-11-15-17(28)21(22,23)19(34-15)26-10-9-16(27)24-20(26)30/h4-10,12-13,15,17,19,28H,11H2,1-3H3,(H,26,31)(H2,24,25,30);4-10,12-13,15,17,19,28H,11H2,1-3H3,(H,25,31)(H,24,27,30)/t2*13-,15+,17+,19+,36?/m00/s1. The van der Waals surface area contributed by atoms with E-state index in [4.69, 9.17) is 42.8 Å². The average molecular weight is 1070 g/mol. The van der Waals surface area contributed by atoms with Gasteiger partial charge in [-0.05, 0) is 71.9 Å². The van der Waals surface area contributed by atoms with Crippen molar-refractivity contribution in [3.8, 4) is 11.5 Å². The van der Waals surface area contributed by atoms with Gasteiger partial charge in [0.15, 0.2) is 12.2 Å². The van der Waals surface area contributed by atoms with Gasteiger partial charge in [0.1, 0.15) is 41.6 Å². The summed E-state index contributed by atoms with van der Waals surface area (Å²) in [5, 5.41) is 25.2. The van der Waals surface area contributed by atoms with Gasteiger partial charge in [-0.25, -0.2) is 18.7 Å². The molecule has 2 aliphatic rings. The predicted octanol–water partition coefficient (Wildman–Crippen LogP) is 3.42. The zero-order chi connectivity index (χ0) is 53.3. The van der Waals surface area contributed by atoms with Crippen molar-refractivity contribution in [2.24, 2.45) is 0 Å². The highest BCUT2D eigenvalue weighted by molar-refractivity contribution is 7.52. The Hall–Kier alpha value is -5.80. The van der Waals surface area contributed by atoms with Gasteiger partial charge in [-0.15, -0.1) is 0 Å². The Morgan fingerprint density at radius 1 is 0.708 bits per heavy atom. The molecule has 0 aliphatic carbocycles. The molecule has 2 aromatic carbocycles. The second-order valence-electron chi connectivity index (χ2n) is 16.4. The molecule has 2 fully saturated rings. The summed E-state index contributed by atoms with van der Waals surface area (Å²) < 4.78 is 129. The summed E-state index contributed by atoms with van der Waals surface area (Å²) >= 11 is 0. The number of nitrogen functional groups attached to an aromatic ring is 1. The van der Waals surface area contributed by atoms with E-state index in [0.29, 0.717) is 9.13 Å². The number of aliphatic hydroxyl groups is 2. The minimum absolute atomic E-state index is 0.0775. The van der Waals surface area contributed by atoms with Crippen molar-refractivity contribution < 1.29 is 83.5 Å². The van der Waals surface area contributed by atoms with Crippen molar-refractivity contribution in [3.63, 3.8) is 0 Å². The van der Waals surface area contributed by atoms with Crippen LogP contribution in [0.2, 0.25) is 0 Å². The van der Waals surface area contributed by atoms with Gasteiger partial charge < -0.3 is 43.9 Å². The smallest absolute Gasteiger partial charge is 0.459 e. The number of halogens is 4. The Kier molecular flexibility index (Phi) is 18.9. The molecule has 2 unspecified atom stereocenters. The van der Waals surface area contributed by atoms with Gasteiger partial charge in [0.05, 0.1) is 25.4 Å². The number of esters is 2. The number of carbonyl (C=O) groups excluding carboxylic acids is 2. The summed E-state index contributed by atoms with van der Waals surface area (Å²) in [4.78, 5) is 64.9. The number of aliphatic hydroxyl groups excluding tert-OH is 2. The lowest BCUT2D eigenvalue weighted by molar-refractivity contribution is -0.150. The zero-order valence-electron chi connectivity index (χ0n) is 39.1. The fourth-order valence-corrected chi connectivity index (χ4v) is 9.44. The van der Waals surface area contributed by atoms with Crippen LogP contribution in [0, 0.1) is 0 Å². The van der Waals surface area contributed by atoms with E-state index in [-0.39, 0.29) is 17.3 Å². The third-order valence-electron chi connectivity index (χ3n) is 9.84. The van der Waals surface area contributed by atoms with Crippen LogP contribution in [0.15, 0.2) is 99.6 Å². The van der Waals surface area contributed by atoms with Gasteiger partial charge in [-0.1, -0.05) is 36.4 Å². The molecule has 30 heteroatoms. The van der Waals surface area contributed by atoms with Gasteiger partial charge >= 0.3 is 50.7 Å². The van der Waals surface area contributed by atoms with Crippen LogP contribution in [-0.2, 0) is 46.7 Å². The topological polar surface area (TPSA) is 322 Å². The molecule has 7 N–H and O–H groups in total. The van der Waals surface area contributed by atoms with E-state index < -0.39 is 131 Å². The van der Waals surface area contributed by atoms with Crippen molar-refractivity contribution in [2.75, 3.05) is 18.9 Å². The highest BCUT2D eigenvalue weighted by atomic mass is 31.2. The molecule has 4 heterocycles. The first-order chi connectivity index (χ1) is 33.6. The molecule has 24 nitrogen and oxygen atoms in total. The predicted molar refractivity (Wildman–Crippen MR) is 243 cm³/mol. The summed E-state index contributed by atoms with van der Waals surface area (Å²) in [6.45, 7) is 7.43. The van der Waals surface area contributed by atoms with Gasteiger partial charge in [-0.2, -0.15) is 32.7 Å². The number of nitrogens with one attached hydrogen (secondary N) is 3. The van der Waals surface area contributed by atoms with Gasteiger partial charge in [0, 0.05) is 18.5 Å². The van der Waals surface area contributed by atoms with Crippen molar-refractivity contribution in [2.45, 2.75) is 115 Å². The number of hydrogen-bond acceptors (Lipinski definition) is 19. The minimum Gasteiger partial charge on any atom is -0.462 e. The number of nitrogens with two attached hydrogens (primary N) is 1. The number of nitrogens with zero attached hydrogens (tertiary/aromatic N) is 3. The maximum atomic E-state index is 14.8. The molecule has 0 spiro atoms. The molecule has 4 aromatic rings. The third kappa shape index (κ3) is 14.7. The number of rotatable bonds is 20. The Morgan fingerprint density at radius 2 is 1.11 bits per heavy atom. The molecule has 10 atom stereocenters. The average Bonchev–Trinajstić information content (AvgIpc) is 3.66. The molecule has 72 heavy (non-hydrogen) atoms. The third-order valence-corrected chi connectivity index (χ3v) is 13.1. The summed E-state index contributed by atoms with van der Waals surface area (Å²) in [7, 11) is -8.83. The second kappa shape index (κ2) is 23.8. The van der Waals surface area contributed by atoms with Gasteiger partial charge in [0.2, 0.25) is 12.5 Å². The van der Waals surface area contributed by atoms with Crippen LogP contribution in [0.1, 0.15) is 54.0 Å². The lowest BCUT2D eigenvalue weighted by Crippen LogP contribution is -2.43. The Morgan fingerprint density at radius 3 is 1.50 bits per heavy atom. The number of aromatic nitrogens is 4. The van der Waals surface area contributed by atoms with Crippen molar-refractivity contribution in [3.05, 3.63) is 117 Å². The van der Waals surface area contributed by atoms with Crippen LogP contribution >= 0.6 is 15.5 Å². The van der Waals surface area contributed by atoms with E-state index in [1.54, 1.807) is 64.1 Å². The molecular weight excluding hydrogens is 1010 g/mol. The molecule has 2 aliphatic heterocycles. The number of aromatic amines is 1. The molecular formula is C42H53F4N7O17P2. The van der Waals surface area contributed by atoms with E-state index in [9.17, 15) is 60.9 Å². The second-order valence-corrected chi connectivity index (χ2v) is 19.8. The van der Waals surface area contributed by atoms with E-state index in [1.807, 2.05) is 4.98 Å². The van der Waals surface area contributed by atoms with Crippen molar-refractivity contribution >= 4 is 33.2 Å². The fraction of sp³-hybridized carbons (Fsp3) is 0.476. The van der Waals surface area contributed by atoms with Crippen LogP contribution in [0.5, 0.6) is 11.5 Å². The van der Waals surface area contributed by atoms with E-state index in [2.05, 4.69) is 15.2 Å². The number of alkyl halides is 4. The highest BCUT2D eigenvalue weighted by Gasteiger charge is 2.61. The number of para-hydroxylation sites is 2. The summed E-state index contributed by atoms with van der Waals surface area (Å²) in [6, 6.07) is 15.1. The van der Waals surface area contributed by atoms with Crippen molar-refractivity contribution in [1.82, 2.24) is 29.3 Å². The van der Waals surface area contributed by atoms with Crippen LogP contribution in [-0.4, -0.2) is 115 Å². The van der Waals surface area contributed by atoms with E-state index in [0.717, 1.165) is 24.5 Å². The van der Waals surface area contributed by atoms with Gasteiger partial charge in [0.25, 0.3) is 5.56 Å². The first kappa shape index (κ1) is 57.1. The summed E-state index contributed by atoms with van der Waals surface area (Å²) in [5.41, 5.74) is 2.27. The van der Waals surface area contributed by atoms with Gasteiger partial charge in [-0.3, -0.25) is 37.5 Å². The maximum absolute atomic E-state index is 14.8. The fourth-order valence-electron chi connectivity index (χ4n) is 6.44. The first-order valence-electron chi connectivity index (χ1n) is 21.7. The lowest BCUT2D eigenvalue weighted by atomic mass is 10.1. The molecule has 0 radical (unpaired) electrons. The Bertz CT molecular complexity index is 2760. The lowest BCUT2D eigenvalue weighted by Gasteiger charge is -2.25. The number of anilines is 1. The number of hydrogen-bond donors (Lipinski definition) is 6. The van der Waals surface area contributed by atoms with Crippen molar-refractivity contribution in [1.29, 1.82) is 0 Å². The largest absolute Gasteiger partial charge is 0.462 e. The van der Waals surface area contributed by atoms with E-state index in [1.165, 1.54) is 38.1 Å². The molecule has 396 valence electrons. The molecule has 2 aromatic heterocycles. The molecule has 6 rings (SSSR count). The van der Waals surface area contributed by atoms with E-state index >= 15 is 0 Å². The molecule has 0 saturated carbocycles. The van der Waals surface area contributed by atoms with Crippen LogP contribution in [0.3, 0.4) is 0 Å². The monoisotopic (exact) mass is 1070 g/mol. The molecule has 2 saturated heterocycles. The number of benzene rings is 2. The number of carbonyl (C=O) groups is 2. The first-order valence-corrected chi connectivity index (χ1v) is 24.8. The van der Waals surface area contributed by atoms with Crippen LogP contribution < -0.4 is 41.9 Å². The highest BCUT2D eigenvalue weighted by Crippen LogP contribution is 2.49. The maximum Gasteiger partial charge on any atom is 0.459 e. The normalized spacial score (nSPS) is 23.7. The Balaban J connectivity index is 0.000000267. The SMILES string of the molecule is CC(C)OC(=O)[C@H](C)NP(=O)(OC[C@H]1O[C@@H](n2ccc(=O)[nH]c2=O)C(F)(F)[C@@H]1O)Oc1ccccc1.CC(C)OC(=O)[C@H](C)NP(=O)(OC[C@H]1O[C@@H](n2ccc(N)nc2=O)C(F)(F)[C@@H]1O)Oc1ccccc1. The Labute approximate surface area is 406 Å². The number of H-pyrrole nitrogens is 1. The quantitative estimate of drug-likeness (QED) is 0.0419. The number of ether oxygens (including phenoxy) is 4. The minimum atomic E-state index is -4.43. The summed E-state index contributed by atoms with van der Waals surface area (Å²) in [5.74, 6) is -9.48. The molecule has 0 bridgehead atoms. The van der Waals surface area contributed by atoms with Crippen LogP contribution in [0.25, 0.3) is 0 Å². The summed E-state index contributed by atoms with van der Waals surface area (Å²) in [6.07, 6.45) is -12.1. The molecule has 0 amide bonds. The van der Waals surface area contributed by atoms with Crippen LogP contribution in [0.4, 0.5) is 23.4 Å².